The Morgan fingerprint density at radius 3 is 2.21 bits per heavy atom. The summed E-state index contributed by atoms with van der Waals surface area (Å²) >= 11 is 0. The second-order valence-corrected chi connectivity index (χ2v) is 7.09. The number of amides is 2. The van der Waals surface area contributed by atoms with Crippen LogP contribution in [0.15, 0.2) is 66.7 Å². The normalized spacial score (nSPS) is 10.8. The molecule has 0 heterocycles. The van der Waals surface area contributed by atoms with E-state index in [2.05, 4.69) is 5.32 Å². The highest BCUT2D eigenvalue weighted by Crippen LogP contribution is 2.29. The molecule has 0 fully saturated rings. The van der Waals surface area contributed by atoms with Crippen LogP contribution in [0.4, 0.5) is 5.69 Å². The highest BCUT2D eigenvalue weighted by molar-refractivity contribution is 6.10. The van der Waals surface area contributed by atoms with Gasteiger partial charge in [0.2, 0.25) is 0 Å². The molecule has 5 nitrogen and oxygen atoms in total. The van der Waals surface area contributed by atoms with Crippen molar-refractivity contribution in [2.45, 2.75) is 26.8 Å². The molecule has 0 aliphatic carbocycles. The zero-order valence-corrected chi connectivity index (χ0v) is 17.0. The van der Waals surface area contributed by atoms with Crippen LogP contribution < -0.4 is 15.0 Å². The number of nitrogens with zero attached hydrogens (tertiary/aromatic N) is 1. The molecule has 29 heavy (non-hydrogen) atoms. The summed E-state index contributed by atoms with van der Waals surface area (Å²) in [5.74, 6) is 0.0210. The molecule has 0 aliphatic rings. The van der Waals surface area contributed by atoms with Crippen molar-refractivity contribution in [3.63, 3.8) is 0 Å². The Morgan fingerprint density at radius 1 is 0.966 bits per heavy atom. The van der Waals surface area contributed by atoms with E-state index in [1.807, 2.05) is 87.5 Å². The van der Waals surface area contributed by atoms with E-state index in [4.69, 9.17) is 4.74 Å². The highest BCUT2D eigenvalue weighted by Gasteiger charge is 2.21. The molecule has 3 aromatic carbocycles. The standard InChI is InChI=1S/C24H26N2O3/c1-4-26(20-12-6-5-7-13-20)24(28)21-14-18-10-8-9-11-19(18)15-22(21)29-16-23(27)25-17(2)3/h5-15,17H,4,16H2,1-3H3,(H,25,27). The van der Waals surface area contributed by atoms with E-state index in [0.29, 0.717) is 17.9 Å². The molecule has 1 N–H and O–H groups in total. The van der Waals surface area contributed by atoms with Crippen molar-refractivity contribution in [2.75, 3.05) is 18.1 Å². The topological polar surface area (TPSA) is 58.6 Å². The molecule has 0 aliphatic heterocycles. The summed E-state index contributed by atoms with van der Waals surface area (Å²) in [5.41, 5.74) is 1.25. The molecule has 3 rings (SSSR count). The molecule has 5 heteroatoms. The largest absolute Gasteiger partial charge is 0.483 e. The Balaban J connectivity index is 1.97. The third kappa shape index (κ3) is 4.93. The van der Waals surface area contributed by atoms with Crippen LogP contribution in [0.3, 0.4) is 0 Å². The molecule has 0 spiro atoms. The number of carbonyl (C=O) groups is 2. The predicted octanol–water partition coefficient (Wildman–Crippen LogP) is 4.41. The van der Waals surface area contributed by atoms with E-state index in [1.54, 1.807) is 4.90 Å². The highest BCUT2D eigenvalue weighted by atomic mass is 16.5. The molecule has 2 amide bonds. The first-order valence-corrected chi connectivity index (χ1v) is 9.81. The molecule has 150 valence electrons. The lowest BCUT2D eigenvalue weighted by Crippen LogP contribution is -2.35. The van der Waals surface area contributed by atoms with Gasteiger partial charge in [0.05, 0.1) is 5.56 Å². The van der Waals surface area contributed by atoms with Gasteiger partial charge in [-0.2, -0.15) is 0 Å². The van der Waals surface area contributed by atoms with Crippen LogP contribution in [0.2, 0.25) is 0 Å². The second kappa shape index (κ2) is 9.24. The van der Waals surface area contributed by atoms with Gasteiger partial charge in [-0.05, 0) is 55.8 Å². The van der Waals surface area contributed by atoms with Gasteiger partial charge in [-0.25, -0.2) is 0 Å². The van der Waals surface area contributed by atoms with Crippen molar-refractivity contribution in [2.24, 2.45) is 0 Å². The van der Waals surface area contributed by atoms with Crippen LogP contribution in [0, 0.1) is 0 Å². The summed E-state index contributed by atoms with van der Waals surface area (Å²) in [7, 11) is 0. The van der Waals surface area contributed by atoms with Crippen LogP contribution in [-0.2, 0) is 4.79 Å². The van der Waals surface area contributed by atoms with Gasteiger partial charge in [-0.1, -0.05) is 42.5 Å². The summed E-state index contributed by atoms with van der Waals surface area (Å²) in [6.07, 6.45) is 0. The average molecular weight is 390 g/mol. The molecular formula is C24H26N2O3. The molecule has 0 unspecified atom stereocenters. The van der Waals surface area contributed by atoms with Crippen LogP contribution in [-0.4, -0.2) is 31.0 Å². The first kappa shape index (κ1) is 20.4. The van der Waals surface area contributed by atoms with Crippen molar-refractivity contribution in [1.29, 1.82) is 0 Å². The summed E-state index contributed by atoms with van der Waals surface area (Å²) < 4.78 is 5.80. The molecule has 3 aromatic rings. The maximum absolute atomic E-state index is 13.4. The molecular weight excluding hydrogens is 364 g/mol. The minimum atomic E-state index is -0.220. The summed E-state index contributed by atoms with van der Waals surface area (Å²) in [5, 5.41) is 4.69. The molecule has 0 bridgehead atoms. The van der Waals surface area contributed by atoms with Crippen molar-refractivity contribution < 1.29 is 14.3 Å². The Labute approximate surface area is 171 Å². The van der Waals surface area contributed by atoms with E-state index < -0.39 is 0 Å². The fourth-order valence-corrected chi connectivity index (χ4v) is 3.21. The van der Waals surface area contributed by atoms with Crippen molar-refractivity contribution in [1.82, 2.24) is 5.32 Å². The number of hydrogen-bond donors (Lipinski definition) is 1. The average Bonchev–Trinajstić information content (AvgIpc) is 2.72. The fourth-order valence-electron chi connectivity index (χ4n) is 3.21. The number of anilines is 1. The SMILES string of the molecule is CCN(C(=O)c1cc2ccccc2cc1OCC(=O)NC(C)C)c1ccccc1. The number of carbonyl (C=O) groups excluding carboxylic acids is 2. The van der Waals surface area contributed by atoms with Crippen LogP contribution in [0.25, 0.3) is 10.8 Å². The number of fused-ring (bicyclic) bond motifs is 1. The van der Waals surface area contributed by atoms with Gasteiger partial charge < -0.3 is 15.0 Å². The Morgan fingerprint density at radius 2 is 1.59 bits per heavy atom. The number of rotatable bonds is 7. The van der Waals surface area contributed by atoms with Gasteiger partial charge in [0.15, 0.2) is 6.61 Å². The smallest absolute Gasteiger partial charge is 0.262 e. The molecule has 0 saturated heterocycles. The number of ether oxygens (including phenoxy) is 1. The van der Waals surface area contributed by atoms with Crippen molar-refractivity contribution >= 4 is 28.3 Å². The number of benzene rings is 3. The van der Waals surface area contributed by atoms with E-state index in [1.165, 1.54) is 0 Å². The maximum Gasteiger partial charge on any atom is 0.262 e. The Hall–Kier alpha value is -3.34. The third-order valence-electron chi connectivity index (χ3n) is 4.52. The molecule has 0 aromatic heterocycles. The third-order valence-corrected chi connectivity index (χ3v) is 4.52. The van der Waals surface area contributed by atoms with Gasteiger partial charge in [-0.15, -0.1) is 0 Å². The maximum atomic E-state index is 13.4. The van der Waals surface area contributed by atoms with Crippen LogP contribution >= 0.6 is 0 Å². The predicted molar refractivity (Wildman–Crippen MR) is 117 cm³/mol. The van der Waals surface area contributed by atoms with Gasteiger partial charge in [0.1, 0.15) is 5.75 Å². The lowest BCUT2D eigenvalue weighted by Gasteiger charge is -2.23. The van der Waals surface area contributed by atoms with E-state index >= 15 is 0 Å². The molecule has 0 saturated carbocycles. The summed E-state index contributed by atoms with van der Waals surface area (Å²) in [6, 6.07) is 21.0. The number of nitrogens with one attached hydrogen (secondary N) is 1. The monoisotopic (exact) mass is 390 g/mol. The first-order chi connectivity index (χ1) is 14.0. The second-order valence-electron chi connectivity index (χ2n) is 7.09. The number of hydrogen-bond acceptors (Lipinski definition) is 3. The van der Waals surface area contributed by atoms with E-state index in [0.717, 1.165) is 16.5 Å². The lowest BCUT2D eigenvalue weighted by atomic mass is 10.0. The van der Waals surface area contributed by atoms with Crippen LogP contribution in [0.1, 0.15) is 31.1 Å². The minimum absolute atomic E-state index is 0.0254. The lowest BCUT2D eigenvalue weighted by molar-refractivity contribution is -0.123. The van der Waals surface area contributed by atoms with Gasteiger partial charge in [0, 0.05) is 18.3 Å². The first-order valence-electron chi connectivity index (χ1n) is 9.81. The molecule has 0 atom stereocenters. The Kier molecular flexibility index (Phi) is 6.50. The van der Waals surface area contributed by atoms with E-state index in [-0.39, 0.29) is 24.5 Å². The Bertz CT molecular complexity index is 999. The van der Waals surface area contributed by atoms with Crippen molar-refractivity contribution in [3.8, 4) is 5.75 Å². The summed E-state index contributed by atoms with van der Waals surface area (Å²) in [4.78, 5) is 27.2. The summed E-state index contributed by atoms with van der Waals surface area (Å²) in [6.45, 7) is 6.09. The quantitative estimate of drug-likeness (QED) is 0.650. The minimum Gasteiger partial charge on any atom is -0.483 e. The molecule has 0 radical (unpaired) electrons. The van der Waals surface area contributed by atoms with Gasteiger partial charge in [0.25, 0.3) is 11.8 Å². The van der Waals surface area contributed by atoms with E-state index in [9.17, 15) is 9.59 Å². The number of para-hydroxylation sites is 1. The zero-order valence-electron chi connectivity index (χ0n) is 17.0. The van der Waals surface area contributed by atoms with Gasteiger partial charge in [-0.3, -0.25) is 9.59 Å². The zero-order chi connectivity index (χ0) is 20.8. The van der Waals surface area contributed by atoms with Crippen LogP contribution in [0.5, 0.6) is 5.75 Å². The van der Waals surface area contributed by atoms with Crippen molar-refractivity contribution in [3.05, 3.63) is 72.3 Å². The fraction of sp³-hybridized carbons (Fsp3) is 0.250. The van der Waals surface area contributed by atoms with Gasteiger partial charge >= 0.3 is 0 Å².